The van der Waals surface area contributed by atoms with Gasteiger partial charge in [0.15, 0.2) is 0 Å². The minimum atomic E-state index is -1.04. The van der Waals surface area contributed by atoms with Crippen LogP contribution in [0.4, 0.5) is 11.4 Å². The number of aromatic carboxylic acids is 1. The van der Waals surface area contributed by atoms with Crippen molar-refractivity contribution in [2.24, 2.45) is 5.41 Å². The van der Waals surface area contributed by atoms with Crippen LogP contribution in [0.2, 0.25) is 0 Å². The topological polar surface area (TPSA) is 85.8 Å². The average Bonchev–Trinajstić information content (AvgIpc) is 2.91. The first kappa shape index (κ1) is 27.9. The minimum absolute atomic E-state index is 0.115. The Balaban J connectivity index is 2.06. The van der Waals surface area contributed by atoms with Gasteiger partial charge in [0.2, 0.25) is 11.3 Å². The van der Waals surface area contributed by atoms with Crippen molar-refractivity contribution in [1.29, 1.82) is 0 Å². The van der Waals surface area contributed by atoms with E-state index in [9.17, 15) is 14.7 Å². The molecule has 0 bridgehead atoms. The van der Waals surface area contributed by atoms with Gasteiger partial charge in [0, 0.05) is 58.5 Å². The SMILES string of the molecule is CCN(CC)c1ccc2c(-c3cc(NC(=O)C(C)(C)CC)ccc3C(=O)O)c3ccc(=[N+](C)C)cc-3oc2c1. The van der Waals surface area contributed by atoms with Crippen molar-refractivity contribution in [2.45, 2.75) is 41.0 Å². The summed E-state index contributed by atoms with van der Waals surface area (Å²) in [5.41, 5.74) is 3.92. The minimum Gasteiger partial charge on any atom is -0.478 e. The predicted molar refractivity (Wildman–Crippen MR) is 159 cm³/mol. The van der Waals surface area contributed by atoms with Crippen molar-refractivity contribution in [1.82, 2.24) is 4.58 Å². The molecule has 0 aromatic heterocycles. The lowest BCUT2D eigenvalue weighted by Crippen LogP contribution is -2.30. The maximum Gasteiger partial charge on any atom is 0.336 e. The molecule has 1 amide bonds. The number of carboxylic acid groups (broad SMARTS) is 1. The number of fused-ring (bicyclic) bond motifs is 2. The van der Waals surface area contributed by atoms with E-state index in [1.165, 1.54) is 0 Å². The molecule has 0 spiro atoms. The molecule has 0 saturated carbocycles. The monoisotopic (exact) mass is 528 g/mol. The summed E-state index contributed by atoms with van der Waals surface area (Å²) in [5.74, 6) is -0.502. The summed E-state index contributed by atoms with van der Waals surface area (Å²) in [6.07, 6.45) is 0.678. The molecule has 7 heteroatoms. The van der Waals surface area contributed by atoms with Crippen molar-refractivity contribution in [3.63, 3.8) is 0 Å². The number of nitrogens with zero attached hydrogens (tertiary/aromatic N) is 2. The van der Waals surface area contributed by atoms with E-state index >= 15 is 0 Å². The Kier molecular flexibility index (Phi) is 7.82. The third-order valence-electron chi connectivity index (χ3n) is 7.61. The largest absolute Gasteiger partial charge is 0.478 e. The predicted octanol–water partition coefficient (Wildman–Crippen LogP) is 6.16. The number of anilines is 2. The van der Waals surface area contributed by atoms with E-state index in [1.807, 2.05) is 75.8 Å². The van der Waals surface area contributed by atoms with E-state index in [0.717, 1.165) is 40.6 Å². The molecule has 0 saturated heterocycles. The molecular formula is C32H38N3O4+. The Morgan fingerprint density at radius 1 is 0.949 bits per heavy atom. The summed E-state index contributed by atoms with van der Waals surface area (Å²) < 4.78 is 8.46. The van der Waals surface area contributed by atoms with Gasteiger partial charge in [-0.1, -0.05) is 20.8 Å². The Bertz CT molecular complexity index is 1590. The first-order valence-electron chi connectivity index (χ1n) is 13.5. The van der Waals surface area contributed by atoms with Gasteiger partial charge >= 0.3 is 5.97 Å². The summed E-state index contributed by atoms with van der Waals surface area (Å²) in [7, 11) is 3.93. The van der Waals surface area contributed by atoms with Crippen LogP contribution in [0.1, 0.15) is 51.4 Å². The zero-order chi connectivity index (χ0) is 28.5. The third kappa shape index (κ3) is 5.39. The lowest BCUT2D eigenvalue weighted by molar-refractivity contribution is -0.124. The van der Waals surface area contributed by atoms with Gasteiger partial charge in [0.05, 0.1) is 11.6 Å². The van der Waals surface area contributed by atoms with Crippen LogP contribution in [0.15, 0.2) is 59.0 Å². The van der Waals surface area contributed by atoms with Crippen LogP contribution in [0.25, 0.3) is 33.4 Å². The number of benzene rings is 3. The third-order valence-corrected chi connectivity index (χ3v) is 7.61. The molecule has 2 aromatic carbocycles. The molecule has 1 aliphatic carbocycles. The van der Waals surface area contributed by atoms with Crippen LogP contribution in [-0.4, -0.2) is 44.2 Å². The van der Waals surface area contributed by atoms with Gasteiger partial charge < -0.3 is 19.7 Å². The number of hydrogen-bond acceptors (Lipinski definition) is 4. The van der Waals surface area contributed by atoms with Crippen LogP contribution in [0.3, 0.4) is 0 Å². The summed E-state index contributed by atoms with van der Waals surface area (Å²) in [6.45, 7) is 11.7. The highest BCUT2D eigenvalue weighted by molar-refractivity contribution is 6.09. The highest BCUT2D eigenvalue weighted by atomic mass is 16.4. The van der Waals surface area contributed by atoms with Crippen molar-refractivity contribution < 1.29 is 19.1 Å². The second kappa shape index (κ2) is 10.9. The summed E-state index contributed by atoms with van der Waals surface area (Å²) in [5, 5.41) is 15.0. The van der Waals surface area contributed by atoms with Crippen molar-refractivity contribution >= 4 is 34.2 Å². The maximum absolute atomic E-state index is 13.0. The number of nitrogens with one attached hydrogen (secondary N) is 1. The van der Waals surface area contributed by atoms with Gasteiger partial charge in [-0.3, -0.25) is 4.79 Å². The highest BCUT2D eigenvalue weighted by Gasteiger charge is 2.27. The molecule has 2 aromatic rings. The molecule has 0 fully saturated rings. The Labute approximate surface area is 229 Å². The van der Waals surface area contributed by atoms with Crippen LogP contribution in [0, 0.1) is 5.41 Å². The fourth-order valence-corrected chi connectivity index (χ4v) is 4.70. The molecule has 2 aliphatic rings. The van der Waals surface area contributed by atoms with Gasteiger partial charge in [-0.05, 0) is 62.2 Å². The number of amides is 1. The van der Waals surface area contributed by atoms with Crippen molar-refractivity contribution in [3.8, 4) is 22.5 Å². The van der Waals surface area contributed by atoms with Gasteiger partial charge in [-0.25, -0.2) is 9.37 Å². The maximum atomic E-state index is 13.0. The van der Waals surface area contributed by atoms with Crippen molar-refractivity contribution in [3.05, 3.63) is 65.5 Å². The second-order valence-corrected chi connectivity index (χ2v) is 10.7. The van der Waals surface area contributed by atoms with E-state index in [0.29, 0.717) is 29.0 Å². The van der Waals surface area contributed by atoms with Crippen LogP contribution < -0.4 is 20.1 Å². The summed E-state index contributed by atoms with van der Waals surface area (Å²) >= 11 is 0. The van der Waals surface area contributed by atoms with Crippen molar-refractivity contribution in [2.75, 3.05) is 37.4 Å². The Hall–Kier alpha value is -4.13. The van der Waals surface area contributed by atoms with E-state index < -0.39 is 11.4 Å². The smallest absolute Gasteiger partial charge is 0.336 e. The number of rotatable bonds is 8. The van der Waals surface area contributed by atoms with Crippen LogP contribution >= 0.6 is 0 Å². The molecule has 0 unspecified atom stereocenters. The molecule has 2 N–H and O–H groups in total. The molecular weight excluding hydrogens is 490 g/mol. The fraction of sp³-hybridized carbons (Fsp3) is 0.344. The van der Waals surface area contributed by atoms with Crippen LogP contribution in [0.5, 0.6) is 0 Å². The Morgan fingerprint density at radius 2 is 1.67 bits per heavy atom. The quantitative estimate of drug-likeness (QED) is 0.211. The average molecular weight is 529 g/mol. The van der Waals surface area contributed by atoms with E-state index in [2.05, 4.69) is 24.1 Å². The highest BCUT2D eigenvalue weighted by Crippen LogP contribution is 2.43. The molecule has 1 heterocycles. The summed E-state index contributed by atoms with van der Waals surface area (Å²) in [4.78, 5) is 27.7. The molecule has 39 heavy (non-hydrogen) atoms. The normalized spacial score (nSPS) is 11.6. The fourth-order valence-electron chi connectivity index (χ4n) is 4.70. The lowest BCUT2D eigenvalue weighted by Gasteiger charge is -2.23. The van der Waals surface area contributed by atoms with E-state index in [1.54, 1.807) is 18.2 Å². The second-order valence-electron chi connectivity index (χ2n) is 10.7. The molecule has 1 aliphatic heterocycles. The molecule has 7 nitrogen and oxygen atoms in total. The molecule has 4 rings (SSSR count). The standard InChI is InChI=1S/C32H37N3O4/c1-8-32(4,5)31(38)33-20-11-14-23(30(36)37)26(17-20)29-24-15-12-21(34(6)7)18-27(24)39-28-19-22(13-16-25(28)29)35(9-2)10-3/h11-19H,8-10H2,1-7H3,(H-,33,36,37,38)/p+1. The lowest BCUT2D eigenvalue weighted by atomic mass is 9.88. The number of carboxylic acids is 1. The Morgan fingerprint density at radius 3 is 2.28 bits per heavy atom. The number of hydrogen-bond donors (Lipinski definition) is 2. The number of carbonyl (C=O) groups is 2. The molecule has 0 radical (unpaired) electrons. The molecule has 0 atom stereocenters. The van der Waals surface area contributed by atoms with Gasteiger partial charge in [0.1, 0.15) is 25.4 Å². The zero-order valence-corrected chi connectivity index (χ0v) is 23.9. The van der Waals surface area contributed by atoms with E-state index in [4.69, 9.17) is 4.42 Å². The molecule has 204 valence electrons. The number of carbonyl (C=O) groups excluding carboxylic acids is 1. The summed E-state index contributed by atoms with van der Waals surface area (Å²) in [6, 6.07) is 17.0. The van der Waals surface area contributed by atoms with Gasteiger partial charge in [0.25, 0.3) is 0 Å². The zero-order valence-electron chi connectivity index (χ0n) is 23.9. The first-order chi connectivity index (χ1) is 18.5. The first-order valence-corrected chi connectivity index (χ1v) is 13.5. The van der Waals surface area contributed by atoms with Gasteiger partial charge in [-0.15, -0.1) is 0 Å². The van der Waals surface area contributed by atoms with Gasteiger partial charge in [-0.2, -0.15) is 0 Å². The van der Waals surface area contributed by atoms with E-state index in [-0.39, 0.29) is 11.5 Å². The van der Waals surface area contributed by atoms with Crippen LogP contribution in [-0.2, 0) is 4.79 Å².